The maximum absolute atomic E-state index is 10.2. The van der Waals surface area contributed by atoms with Gasteiger partial charge in [-0.15, -0.1) is 11.3 Å². The van der Waals surface area contributed by atoms with Crippen LogP contribution in [0.2, 0.25) is 0 Å². The second-order valence-corrected chi connectivity index (χ2v) is 9.71. The molecule has 2 aromatic carbocycles. The predicted molar refractivity (Wildman–Crippen MR) is 123 cm³/mol. The Morgan fingerprint density at radius 1 is 1.03 bits per heavy atom. The third-order valence-electron chi connectivity index (χ3n) is 6.18. The van der Waals surface area contributed by atoms with Crippen molar-refractivity contribution in [3.05, 3.63) is 81.7 Å². The fraction of sp³-hybridized carbons (Fsp3) is 0.385. The standard InChI is InChI=1S/C26H30O3S/c1-16-4-7-19(8-5-16)25-11-10-22(30-25)14-21-13-20(9-6-17(21)2)23-12-18(3)26(28)24(15-27)29-23/h4-11,13,18,23-24,26-28H,12,14-15H2,1-3H3/t18?,23?,24?,26-/m0/s1. The highest BCUT2D eigenvalue weighted by atomic mass is 32.1. The highest BCUT2D eigenvalue weighted by Crippen LogP contribution is 2.36. The first-order valence-corrected chi connectivity index (χ1v) is 11.5. The molecule has 3 aromatic rings. The minimum atomic E-state index is -0.609. The lowest BCUT2D eigenvalue weighted by Gasteiger charge is -2.37. The molecule has 0 aliphatic carbocycles. The van der Waals surface area contributed by atoms with Crippen molar-refractivity contribution in [2.75, 3.05) is 6.61 Å². The van der Waals surface area contributed by atoms with Crippen LogP contribution in [0.5, 0.6) is 0 Å². The molecule has 3 nitrogen and oxygen atoms in total. The molecule has 1 fully saturated rings. The van der Waals surface area contributed by atoms with Crippen molar-refractivity contribution >= 4 is 11.3 Å². The van der Waals surface area contributed by atoms with Crippen LogP contribution >= 0.6 is 11.3 Å². The molecule has 2 N–H and O–H groups in total. The lowest BCUT2D eigenvalue weighted by atomic mass is 9.87. The van der Waals surface area contributed by atoms with Crippen LogP contribution < -0.4 is 0 Å². The molecule has 0 radical (unpaired) electrons. The van der Waals surface area contributed by atoms with Gasteiger partial charge in [-0.1, -0.05) is 55.0 Å². The Labute approximate surface area is 183 Å². The van der Waals surface area contributed by atoms with Crippen LogP contribution in [0.25, 0.3) is 10.4 Å². The average molecular weight is 423 g/mol. The number of aliphatic hydroxyl groups excluding tert-OH is 2. The minimum absolute atomic E-state index is 0.0913. The van der Waals surface area contributed by atoms with E-state index in [4.69, 9.17) is 4.74 Å². The van der Waals surface area contributed by atoms with Crippen LogP contribution in [0, 0.1) is 19.8 Å². The van der Waals surface area contributed by atoms with Crippen molar-refractivity contribution < 1.29 is 14.9 Å². The second-order valence-electron chi connectivity index (χ2n) is 8.54. The first-order valence-electron chi connectivity index (χ1n) is 10.6. The quantitative estimate of drug-likeness (QED) is 0.575. The van der Waals surface area contributed by atoms with Crippen LogP contribution in [0.15, 0.2) is 54.6 Å². The zero-order valence-electron chi connectivity index (χ0n) is 17.8. The topological polar surface area (TPSA) is 49.7 Å². The van der Waals surface area contributed by atoms with E-state index in [0.717, 1.165) is 18.4 Å². The number of aryl methyl sites for hydroxylation is 2. The van der Waals surface area contributed by atoms with Gasteiger partial charge in [0.1, 0.15) is 6.10 Å². The Morgan fingerprint density at radius 3 is 2.53 bits per heavy atom. The van der Waals surface area contributed by atoms with E-state index in [2.05, 4.69) is 68.4 Å². The van der Waals surface area contributed by atoms with Gasteiger partial charge < -0.3 is 14.9 Å². The molecule has 0 bridgehead atoms. The smallest absolute Gasteiger partial charge is 0.107 e. The summed E-state index contributed by atoms with van der Waals surface area (Å²) in [6.07, 6.45) is 0.438. The van der Waals surface area contributed by atoms with Crippen molar-refractivity contribution in [2.45, 2.75) is 51.9 Å². The van der Waals surface area contributed by atoms with Crippen LogP contribution in [0.3, 0.4) is 0 Å². The summed E-state index contributed by atoms with van der Waals surface area (Å²) >= 11 is 1.84. The van der Waals surface area contributed by atoms with E-state index < -0.39 is 12.2 Å². The van der Waals surface area contributed by atoms with Gasteiger partial charge in [0.05, 0.1) is 18.8 Å². The molecule has 4 rings (SSSR count). The number of thiophene rings is 1. The molecule has 1 aliphatic rings. The second kappa shape index (κ2) is 9.03. The molecule has 1 aromatic heterocycles. The highest BCUT2D eigenvalue weighted by Gasteiger charge is 2.35. The van der Waals surface area contributed by atoms with Crippen LogP contribution in [-0.2, 0) is 11.2 Å². The fourth-order valence-corrected chi connectivity index (χ4v) is 5.21. The van der Waals surface area contributed by atoms with Gasteiger partial charge >= 0.3 is 0 Å². The van der Waals surface area contributed by atoms with E-state index in [0.29, 0.717) is 0 Å². The third kappa shape index (κ3) is 4.52. The highest BCUT2D eigenvalue weighted by molar-refractivity contribution is 7.15. The number of aliphatic hydroxyl groups is 2. The number of ether oxygens (including phenoxy) is 1. The first kappa shape index (κ1) is 21.3. The molecule has 1 saturated heterocycles. The summed E-state index contributed by atoms with van der Waals surface area (Å²) in [6, 6.07) is 19.6. The van der Waals surface area contributed by atoms with Gasteiger partial charge in [-0.05, 0) is 60.6 Å². The molecule has 30 heavy (non-hydrogen) atoms. The molecule has 4 heteroatoms. The molecule has 0 amide bonds. The zero-order chi connectivity index (χ0) is 21.3. The minimum Gasteiger partial charge on any atom is -0.394 e. The Kier molecular flexibility index (Phi) is 6.40. The molecule has 0 saturated carbocycles. The van der Waals surface area contributed by atoms with Gasteiger partial charge in [0.25, 0.3) is 0 Å². The molecule has 4 atom stereocenters. The van der Waals surface area contributed by atoms with Crippen molar-refractivity contribution in [3.8, 4) is 10.4 Å². The summed E-state index contributed by atoms with van der Waals surface area (Å²) < 4.78 is 6.02. The van der Waals surface area contributed by atoms with Gasteiger partial charge in [-0.2, -0.15) is 0 Å². The molecule has 1 aliphatic heterocycles. The predicted octanol–water partition coefficient (Wildman–Crippen LogP) is 5.44. The van der Waals surface area contributed by atoms with Gasteiger partial charge in [0, 0.05) is 16.2 Å². The number of hydrogen-bond acceptors (Lipinski definition) is 4. The van der Waals surface area contributed by atoms with Crippen molar-refractivity contribution in [1.29, 1.82) is 0 Å². The van der Waals surface area contributed by atoms with E-state index in [-0.39, 0.29) is 18.6 Å². The van der Waals surface area contributed by atoms with Crippen LogP contribution in [-0.4, -0.2) is 29.0 Å². The van der Waals surface area contributed by atoms with Crippen LogP contribution in [0.1, 0.15) is 46.6 Å². The fourth-order valence-electron chi connectivity index (χ4n) is 4.17. The number of hydrogen-bond donors (Lipinski definition) is 2. The maximum atomic E-state index is 10.2. The SMILES string of the molecule is Cc1ccc(-c2ccc(Cc3cc(C4CC(C)[C@H](O)C(CO)O4)ccc3C)s2)cc1. The Hall–Kier alpha value is -1.98. The largest absolute Gasteiger partial charge is 0.394 e. The molecule has 2 heterocycles. The van der Waals surface area contributed by atoms with Gasteiger partial charge in [-0.3, -0.25) is 0 Å². The Morgan fingerprint density at radius 2 is 1.80 bits per heavy atom. The Balaban J connectivity index is 1.54. The molecule has 158 valence electrons. The number of benzene rings is 2. The lowest BCUT2D eigenvalue weighted by molar-refractivity contribution is -0.157. The van der Waals surface area contributed by atoms with Gasteiger partial charge in [-0.25, -0.2) is 0 Å². The lowest BCUT2D eigenvalue weighted by Crippen LogP contribution is -2.43. The maximum Gasteiger partial charge on any atom is 0.107 e. The van der Waals surface area contributed by atoms with Crippen molar-refractivity contribution in [3.63, 3.8) is 0 Å². The van der Waals surface area contributed by atoms with E-state index in [1.807, 2.05) is 18.3 Å². The van der Waals surface area contributed by atoms with Crippen LogP contribution in [0.4, 0.5) is 0 Å². The normalized spacial score (nSPS) is 24.2. The monoisotopic (exact) mass is 422 g/mol. The third-order valence-corrected chi connectivity index (χ3v) is 7.31. The first-order chi connectivity index (χ1) is 14.4. The summed E-state index contributed by atoms with van der Waals surface area (Å²) in [5.74, 6) is 0.0972. The summed E-state index contributed by atoms with van der Waals surface area (Å²) in [7, 11) is 0. The molecular weight excluding hydrogens is 392 g/mol. The van der Waals surface area contributed by atoms with Crippen molar-refractivity contribution in [2.24, 2.45) is 5.92 Å². The van der Waals surface area contributed by atoms with E-state index in [1.165, 1.54) is 32.0 Å². The molecular formula is C26H30O3S. The summed E-state index contributed by atoms with van der Waals surface area (Å²) in [5, 5.41) is 19.8. The van der Waals surface area contributed by atoms with Crippen molar-refractivity contribution in [1.82, 2.24) is 0 Å². The molecule has 3 unspecified atom stereocenters. The van der Waals surface area contributed by atoms with Gasteiger partial charge in [0.15, 0.2) is 0 Å². The van der Waals surface area contributed by atoms with E-state index >= 15 is 0 Å². The van der Waals surface area contributed by atoms with Gasteiger partial charge in [0.2, 0.25) is 0 Å². The number of rotatable bonds is 5. The van der Waals surface area contributed by atoms with E-state index in [1.54, 1.807) is 0 Å². The summed E-state index contributed by atoms with van der Waals surface area (Å²) in [5.41, 5.74) is 6.24. The zero-order valence-corrected chi connectivity index (χ0v) is 18.7. The average Bonchev–Trinajstić information content (AvgIpc) is 3.20. The summed E-state index contributed by atoms with van der Waals surface area (Å²) in [4.78, 5) is 2.63. The Bertz CT molecular complexity index is 992. The molecule has 0 spiro atoms. The summed E-state index contributed by atoms with van der Waals surface area (Å²) in [6.45, 7) is 6.13. The van der Waals surface area contributed by atoms with E-state index in [9.17, 15) is 10.2 Å².